The van der Waals surface area contributed by atoms with Crippen LogP contribution in [0.1, 0.15) is 13.3 Å². The van der Waals surface area contributed by atoms with Crippen molar-refractivity contribution in [2.75, 3.05) is 18.9 Å². The number of hydrogen-bond acceptors (Lipinski definition) is 3. The van der Waals surface area contributed by atoms with Gasteiger partial charge >= 0.3 is 0 Å². The smallest absolute Gasteiger partial charge is 0.0930 e. The second-order valence-corrected chi connectivity index (χ2v) is 4.35. The zero-order chi connectivity index (χ0) is 7.03. The molecule has 2 saturated heterocycles. The molecule has 2 nitrogen and oxygen atoms in total. The van der Waals surface area contributed by atoms with Gasteiger partial charge in [0.15, 0.2) is 0 Å². The molecule has 0 aromatic carbocycles. The maximum Gasteiger partial charge on any atom is 0.0930 e. The van der Waals surface area contributed by atoms with Crippen molar-refractivity contribution in [3.63, 3.8) is 0 Å². The van der Waals surface area contributed by atoms with Crippen molar-refractivity contribution in [2.45, 2.75) is 24.3 Å². The van der Waals surface area contributed by atoms with E-state index in [1.807, 2.05) is 11.8 Å². The van der Waals surface area contributed by atoms with Crippen LogP contribution < -0.4 is 5.32 Å². The molecular formula is C7H13NOS. The Hall–Kier alpha value is 0.270. The molecule has 2 fully saturated rings. The summed E-state index contributed by atoms with van der Waals surface area (Å²) in [6.07, 6.45) is 1.58. The van der Waals surface area contributed by atoms with Crippen LogP contribution in [0.4, 0.5) is 0 Å². The summed E-state index contributed by atoms with van der Waals surface area (Å²) in [4.78, 5) is 0.292. The number of thioether (sulfide) groups is 1. The molecule has 0 amide bonds. The Morgan fingerprint density at radius 3 is 3.10 bits per heavy atom. The maximum atomic E-state index is 5.51. The number of ether oxygens (including phenoxy) is 1. The normalized spacial score (nSPS) is 47.1. The molecule has 10 heavy (non-hydrogen) atoms. The second-order valence-electron chi connectivity index (χ2n) is 2.93. The molecule has 0 saturated carbocycles. The first kappa shape index (κ1) is 6.95. The van der Waals surface area contributed by atoms with Crippen molar-refractivity contribution < 1.29 is 4.74 Å². The molecule has 0 bridgehead atoms. The summed E-state index contributed by atoms with van der Waals surface area (Å²) in [5.41, 5.74) is 0. The monoisotopic (exact) mass is 159 g/mol. The Morgan fingerprint density at radius 2 is 2.60 bits per heavy atom. The van der Waals surface area contributed by atoms with Crippen LogP contribution in [-0.2, 0) is 4.74 Å². The molecule has 3 heteroatoms. The minimum atomic E-state index is 0.292. The van der Waals surface area contributed by atoms with E-state index in [0.717, 1.165) is 13.2 Å². The highest BCUT2D eigenvalue weighted by atomic mass is 32.2. The quantitative estimate of drug-likeness (QED) is 0.565. The molecule has 2 heterocycles. The van der Waals surface area contributed by atoms with E-state index >= 15 is 0 Å². The highest BCUT2D eigenvalue weighted by Gasteiger charge is 2.44. The molecule has 0 aliphatic carbocycles. The summed E-state index contributed by atoms with van der Waals surface area (Å²) in [6.45, 7) is 4.25. The predicted octanol–water partition coefficient (Wildman–Crippen LogP) is 0.828. The van der Waals surface area contributed by atoms with Crippen LogP contribution in [0.2, 0.25) is 0 Å². The van der Waals surface area contributed by atoms with Crippen molar-refractivity contribution in [1.29, 1.82) is 0 Å². The molecule has 2 rings (SSSR count). The van der Waals surface area contributed by atoms with E-state index < -0.39 is 0 Å². The van der Waals surface area contributed by atoms with Crippen LogP contribution in [0.15, 0.2) is 0 Å². The average Bonchev–Trinajstić information content (AvgIpc) is 2.48. The zero-order valence-electron chi connectivity index (χ0n) is 6.22. The maximum absolute atomic E-state index is 5.51. The van der Waals surface area contributed by atoms with Gasteiger partial charge in [-0.2, -0.15) is 0 Å². The summed E-state index contributed by atoms with van der Waals surface area (Å²) in [5, 5.41) is 3.52. The van der Waals surface area contributed by atoms with Gasteiger partial charge in [-0.05, 0) is 6.92 Å². The molecule has 1 spiro atoms. The van der Waals surface area contributed by atoms with Gasteiger partial charge in [-0.25, -0.2) is 0 Å². The van der Waals surface area contributed by atoms with Gasteiger partial charge in [-0.15, -0.1) is 11.8 Å². The lowest BCUT2D eigenvalue weighted by atomic mass is 10.1. The zero-order valence-corrected chi connectivity index (χ0v) is 7.04. The third-order valence-corrected chi connectivity index (χ3v) is 3.99. The fourth-order valence-corrected chi connectivity index (χ4v) is 3.00. The van der Waals surface area contributed by atoms with E-state index in [4.69, 9.17) is 4.74 Å². The topological polar surface area (TPSA) is 21.3 Å². The van der Waals surface area contributed by atoms with Crippen LogP contribution in [0, 0.1) is 0 Å². The van der Waals surface area contributed by atoms with E-state index in [-0.39, 0.29) is 0 Å². The SMILES string of the molecule is CC1OCCC12NCCS2. The van der Waals surface area contributed by atoms with Crippen LogP contribution in [0.3, 0.4) is 0 Å². The van der Waals surface area contributed by atoms with E-state index in [1.165, 1.54) is 12.2 Å². The molecular weight excluding hydrogens is 146 g/mol. The molecule has 1 N–H and O–H groups in total. The minimum Gasteiger partial charge on any atom is -0.376 e. The number of hydrogen-bond donors (Lipinski definition) is 1. The summed E-state index contributed by atoms with van der Waals surface area (Å²) >= 11 is 2.02. The van der Waals surface area contributed by atoms with E-state index in [9.17, 15) is 0 Å². The predicted molar refractivity (Wildman–Crippen MR) is 43.2 cm³/mol. The largest absolute Gasteiger partial charge is 0.376 e. The first-order valence-corrected chi connectivity index (χ1v) is 4.83. The summed E-state index contributed by atoms with van der Waals surface area (Å²) < 4.78 is 5.51. The molecule has 58 valence electrons. The molecule has 0 radical (unpaired) electrons. The number of nitrogens with one attached hydrogen (secondary N) is 1. The summed E-state index contributed by atoms with van der Waals surface area (Å²) in [7, 11) is 0. The lowest BCUT2D eigenvalue weighted by Gasteiger charge is -2.25. The third-order valence-electron chi connectivity index (χ3n) is 2.38. The minimum absolute atomic E-state index is 0.292. The summed E-state index contributed by atoms with van der Waals surface area (Å²) in [6, 6.07) is 0. The van der Waals surface area contributed by atoms with Gasteiger partial charge in [-0.1, -0.05) is 0 Å². The summed E-state index contributed by atoms with van der Waals surface area (Å²) in [5.74, 6) is 1.24. The van der Waals surface area contributed by atoms with Crippen molar-refractivity contribution in [3.8, 4) is 0 Å². The van der Waals surface area contributed by atoms with Crippen LogP contribution >= 0.6 is 11.8 Å². The van der Waals surface area contributed by atoms with Crippen molar-refractivity contribution >= 4 is 11.8 Å². The molecule has 0 aromatic heterocycles. The van der Waals surface area contributed by atoms with Crippen molar-refractivity contribution in [1.82, 2.24) is 5.32 Å². The fraction of sp³-hybridized carbons (Fsp3) is 1.00. The Bertz CT molecular complexity index is 128. The lowest BCUT2D eigenvalue weighted by Crippen LogP contribution is -2.42. The number of rotatable bonds is 0. The molecule has 2 atom stereocenters. The van der Waals surface area contributed by atoms with Crippen LogP contribution in [0.25, 0.3) is 0 Å². The van der Waals surface area contributed by atoms with Crippen molar-refractivity contribution in [3.05, 3.63) is 0 Å². The molecule has 2 aliphatic heterocycles. The fourth-order valence-electron chi connectivity index (χ4n) is 1.69. The van der Waals surface area contributed by atoms with Gasteiger partial charge in [0.25, 0.3) is 0 Å². The van der Waals surface area contributed by atoms with Crippen LogP contribution in [-0.4, -0.2) is 29.9 Å². The standard InChI is InChI=1S/C7H13NOS/c1-6-7(2-4-9-6)8-3-5-10-7/h6,8H,2-5H2,1H3. The van der Waals surface area contributed by atoms with Gasteiger partial charge in [0.1, 0.15) is 0 Å². The van der Waals surface area contributed by atoms with E-state index in [0.29, 0.717) is 11.0 Å². The highest BCUT2D eigenvalue weighted by molar-refractivity contribution is 8.00. The van der Waals surface area contributed by atoms with Gasteiger partial charge in [-0.3, -0.25) is 5.32 Å². The lowest BCUT2D eigenvalue weighted by molar-refractivity contribution is 0.109. The average molecular weight is 159 g/mol. The van der Waals surface area contributed by atoms with E-state index in [1.54, 1.807) is 0 Å². The van der Waals surface area contributed by atoms with Crippen molar-refractivity contribution in [2.24, 2.45) is 0 Å². The third kappa shape index (κ3) is 0.881. The van der Waals surface area contributed by atoms with Crippen LogP contribution in [0.5, 0.6) is 0 Å². The highest BCUT2D eigenvalue weighted by Crippen LogP contribution is 2.39. The second kappa shape index (κ2) is 2.40. The Labute approximate surface area is 65.7 Å². The Morgan fingerprint density at radius 1 is 1.70 bits per heavy atom. The Balaban J connectivity index is 2.11. The molecule has 2 aliphatic rings. The van der Waals surface area contributed by atoms with Gasteiger partial charge in [0, 0.05) is 25.3 Å². The Kier molecular flexibility index (Phi) is 1.66. The first-order valence-electron chi connectivity index (χ1n) is 3.84. The first-order chi connectivity index (χ1) is 4.83. The molecule has 0 aromatic rings. The van der Waals surface area contributed by atoms with Gasteiger partial charge < -0.3 is 4.74 Å². The van der Waals surface area contributed by atoms with Gasteiger partial charge in [0.05, 0.1) is 11.0 Å². The van der Waals surface area contributed by atoms with Gasteiger partial charge in [0.2, 0.25) is 0 Å². The molecule has 2 unspecified atom stereocenters. The van der Waals surface area contributed by atoms with E-state index in [2.05, 4.69) is 12.2 Å².